The van der Waals surface area contributed by atoms with Gasteiger partial charge in [-0.15, -0.1) is 0 Å². The molecule has 2 amide bonds. The first-order valence-electron chi connectivity index (χ1n) is 13.0. The van der Waals surface area contributed by atoms with Crippen LogP contribution in [0.1, 0.15) is 73.8 Å². The van der Waals surface area contributed by atoms with E-state index in [1.54, 1.807) is 0 Å². The van der Waals surface area contributed by atoms with Gasteiger partial charge in [-0.05, 0) is 70.1 Å². The van der Waals surface area contributed by atoms with Crippen molar-refractivity contribution in [3.8, 4) is 5.75 Å². The van der Waals surface area contributed by atoms with Crippen LogP contribution in [0.3, 0.4) is 0 Å². The van der Waals surface area contributed by atoms with Crippen molar-refractivity contribution in [2.24, 2.45) is 13.0 Å². The molecule has 7 heteroatoms. The van der Waals surface area contributed by atoms with Crippen LogP contribution in [0.2, 0.25) is 0 Å². The fraction of sp³-hybridized carbons (Fsp3) is 0.607. The molecule has 1 atom stereocenters. The van der Waals surface area contributed by atoms with Crippen molar-refractivity contribution in [1.29, 1.82) is 0 Å². The first-order valence-corrected chi connectivity index (χ1v) is 13.0. The van der Waals surface area contributed by atoms with Gasteiger partial charge in [0.25, 0.3) is 5.91 Å². The summed E-state index contributed by atoms with van der Waals surface area (Å²) in [5, 5.41) is 4.51. The van der Waals surface area contributed by atoms with Crippen molar-refractivity contribution in [1.82, 2.24) is 19.6 Å². The van der Waals surface area contributed by atoms with E-state index in [9.17, 15) is 9.59 Å². The minimum absolute atomic E-state index is 0.0132. The van der Waals surface area contributed by atoms with Crippen LogP contribution in [-0.2, 0) is 18.3 Å². The minimum atomic E-state index is -0.0385. The molecular formula is C28H42N4O3. The number of ether oxygens (including phenoxy) is 1. The lowest BCUT2D eigenvalue weighted by atomic mass is 10.0. The van der Waals surface area contributed by atoms with Crippen molar-refractivity contribution in [2.75, 3.05) is 26.2 Å². The number of fused-ring (bicyclic) bond motifs is 1. The quantitative estimate of drug-likeness (QED) is 0.606. The highest BCUT2D eigenvalue weighted by molar-refractivity contribution is 5.96. The lowest BCUT2D eigenvalue weighted by molar-refractivity contribution is -0.134. The standard InChI is InChI=1S/C28H42N4O3/c1-7-31-16-10-11-17-32(27(33)15-14-24-21(4)29-30(6)22(24)5)23(18-20(2)3)19-35-26-13-9-8-12-25(26)28(31)34/h8-9,12-13,20,23H,7,10-11,14-19H2,1-6H3/t23-/m0/s1. The molecule has 0 bridgehead atoms. The Hall–Kier alpha value is -2.83. The molecule has 2 heterocycles. The molecule has 35 heavy (non-hydrogen) atoms. The van der Waals surface area contributed by atoms with Gasteiger partial charge in [-0.3, -0.25) is 14.3 Å². The third kappa shape index (κ3) is 6.65. The fourth-order valence-electron chi connectivity index (χ4n) is 5.01. The van der Waals surface area contributed by atoms with Crippen LogP contribution in [0, 0.1) is 19.8 Å². The zero-order valence-corrected chi connectivity index (χ0v) is 22.3. The van der Waals surface area contributed by atoms with Gasteiger partial charge >= 0.3 is 0 Å². The van der Waals surface area contributed by atoms with Gasteiger partial charge in [0.05, 0.1) is 17.3 Å². The Morgan fingerprint density at radius 1 is 1.17 bits per heavy atom. The van der Waals surface area contributed by atoms with E-state index in [4.69, 9.17) is 4.74 Å². The Morgan fingerprint density at radius 3 is 2.54 bits per heavy atom. The molecule has 1 aliphatic rings. The SMILES string of the molecule is CCN1CCCCN(C(=O)CCc2c(C)nn(C)c2C)[C@@H](CC(C)C)COc2ccccc2C1=O. The molecule has 0 unspecified atom stereocenters. The Kier molecular flexibility index (Phi) is 9.35. The second-order valence-electron chi connectivity index (χ2n) is 10.0. The Morgan fingerprint density at radius 2 is 1.89 bits per heavy atom. The lowest BCUT2D eigenvalue weighted by Gasteiger charge is -2.34. The van der Waals surface area contributed by atoms with Crippen LogP contribution >= 0.6 is 0 Å². The zero-order valence-electron chi connectivity index (χ0n) is 22.3. The molecule has 0 N–H and O–H groups in total. The summed E-state index contributed by atoms with van der Waals surface area (Å²) < 4.78 is 8.16. The van der Waals surface area contributed by atoms with Crippen LogP contribution in [0.5, 0.6) is 5.75 Å². The van der Waals surface area contributed by atoms with E-state index in [1.807, 2.05) is 59.6 Å². The van der Waals surface area contributed by atoms with E-state index in [1.165, 1.54) is 0 Å². The molecule has 7 nitrogen and oxygen atoms in total. The highest BCUT2D eigenvalue weighted by Crippen LogP contribution is 2.24. The number of hydrogen-bond donors (Lipinski definition) is 0. The normalized spacial score (nSPS) is 17.6. The maximum absolute atomic E-state index is 13.6. The molecule has 0 saturated heterocycles. The van der Waals surface area contributed by atoms with Crippen LogP contribution in [0.15, 0.2) is 24.3 Å². The number of amides is 2. The van der Waals surface area contributed by atoms with Crippen molar-refractivity contribution >= 4 is 11.8 Å². The van der Waals surface area contributed by atoms with E-state index in [2.05, 4.69) is 25.9 Å². The monoisotopic (exact) mass is 482 g/mol. The van der Waals surface area contributed by atoms with E-state index in [0.29, 0.717) is 56.3 Å². The minimum Gasteiger partial charge on any atom is -0.491 e. The Balaban J connectivity index is 1.84. The Bertz CT molecular complexity index is 1010. The zero-order chi connectivity index (χ0) is 25.5. The number of carbonyl (C=O) groups is 2. The molecule has 2 aromatic rings. The van der Waals surface area contributed by atoms with E-state index >= 15 is 0 Å². The predicted octanol–water partition coefficient (Wildman–Crippen LogP) is 4.55. The van der Waals surface area contributed by atoms with Gasteiger partial charge in [0.2, 0.25) is 5.91 Å². The molecular weight excluding hydrogens is 440 g/mol. The van der Waals surface area contributed by atoms with Crippen LogP contribution in [0.25, 0.3) is 0 Å². The van der Waals surface area contributed by atoms with Gasteiger partial charge in [-0.1, -0.05) is 26.0 Å². The average molecular weight is 483 g/mol. The van der Waals surface area contributed by atoms with Gasteiger partial charge in [0.1, 0.15) is 12.4 Å². The van der Waals surface area contributed by atoms with Gasteiger partial charge in [-0.2, -0.15) is 5.10 Å². The Labute approximate surface area is 210 Å². The summed E-state index contributed by atoms with van der Waals surface area (Å²) in [5.74, 6) is 1.19. The highest BCUT2D eigenvalue weighted by atomic mass is 16.5. The molecule has 0 fully saturated rings. The largest absolute Gasteiger partial charge is 0.491 e. The first kappa shape index (κ1) is 26.8. The van der Waals surface area contributed by atoms with E-state index < -0.39 is 0 Å². The number of rotatable bonds is 6. The highest BCUT2D eigenvalue weighted by Gasteiger charge is 2.27. The van der Waals surface area contributed by atoms with Gasteiger partial charge in [-0.25, -0.2) is 0 Å². The summed E-state index contributed by atoms with van der Waals surface area (Å²) in [4.78, 5) is 30.7. The van der Waals surface area contributed by atoms with Crippen molar-refractivity contribution in [3.63, 3.8) is 0 Å². The van der Waals surface area contributed by atoms with Gasteiger partial charge in [0, 0.05) is 38.8 Å². The molecule has 0 saturated carbocycles. The second-order valence-corrected chi connectivity index (χ2v) is 10.0. The molecule has 3 rings (SSSR count). The van der Waals surface area contributed by atoms with Crippen molar-refractivity contribution < 1.29 is 14.3 Å². The summed E-state index contributed by atoms with van der Waals surface area (Å²) >= 11 is 0. The summed E-state index contributed by atoms with van der Waals surface area (Å²) in [5.41, 5.74) is 3.87. The molecule has 1 aliphatic heterocycles. The van der Waals surface area contributed by atoms with E-state index in [0.717, 1.165) is 36.2 Å². The maximum atomic E-state index is 13.6. The third-order valence-corrected chi connectivity index (χ3v) is 7.05. The number of para-hydroxylation sites is 1. The van der Waals surface area contributed by atoms with Crippen LogP contribution < -0.4 is 4.74 Å². The third-order valence-electron chi connectivity index (χ3n) is 7.05. The average Bonchev–Trinajstić information content (AvgIpc) is 3.07. The summed E-state index contributed by atoms with van der Waals surface area (Å²) in [7, 11) is 1.95. The van der Waals surface area contributed by atoms with Gasteiger partial charge in [0.15, 0.2) is 0 Å². The van der Waals surface area contributed by atoms with Gasteiger partial charge < -0.3 is 14.5 Å². The number of hydrogen-bond acceptors (Lipinski definition) is 4. The lowest BCUT2D eigenvalue weighted by Crippen LogP contribution is -2.45. The van der Waals surface area contributed by atoms with Crippen molar-refractivity contribution in [3.05, 3.63) is 46.8 Å². The molecule has 0 radical (unpaired) electrons. The van der Waals surface area contributed by atoms with Crippen LogP contribution in [-0.4, -0.2) is 63.7 Å². The van der Waals surface area contributed by atoms with Crippen molar-refractivity contribution in [2.45, 2.75) is 72.8 Å². The number of carbonyl (C=O) groups excluding carboxylic acids is 2. The fourth-order valence-corrected chi connectivity index (χ4v) is 5.01. The summed E-state index contributed by atoms with van der Waals surface area (Å²) in [6.07, 6.45) is 3.72. The molecule has 1 aromatic heterocycles. The molecule has 192 valence electrons. The number of aryl methyl sites for hydroxylation is 2. The molecule has 0 aliphatic carbocycles. The molecule has 1 aromatic carbocycles. The first-order chi connectivity index (χ1) is 16.7. The topological polar surface area (TPSA) is 67.7 Å². The van der Waals surface area contributed by atoms with E-state index in [-0.39, 0.29) is 17.9 Å². The second kappa shape index (κ2) is 12.2. The number of nitrogens with zero attached hydrogens (tertiary/aromatic N) is 4. The number of benzene rings is 1. The predicted molar refractivity (Wildman–Crippen MR) is 139 cm³/mol. The molecule has 0 spiro atoms. The maximum Gasteiger partial charge on any atom is 0.257 e. The number of aromatic nitrogens is 2. The smallest absolute Gasteiger partial charge is 0.257 e. The summed E-state index contributed by atoms with van der Waals surface area (Å²) in [6, 6.07) is 7.44. The summed E-state index contributed by atoms with van der Waals surface area (Å²) in [6.45, 7) is 12.8. The van der Waals surface area contributed by atoms with Crippen LogP contribution in [0.4, 0.5) is 0 Å².